The van der Waals surface area contributed by atoms with Gasteiger partial charge in [-0.15, -0.1) is 11.3 Å². The van der Waals surface area contributed by atoms with E-state index in [4.69, 9.17) is 44.3 Å². The molecule has 0 N–H and O–H groups in total. The average Bonchev–Trinajstić information content (AvgIpc) is 3.51. The third-order valence-corrected chi connectivity index (χ3v) is 12.8. The molecule has 0 aliphatic carbocycles. The molecule has 1 unspecified atom stereocenters. The van der Waals surface area contributed by atoms with Crippen molar-refractivity contribution >= 4 is 73.9 Å². The Morgan fingerprint density at radius 3 is 2.38 bits per heavy atom. The van der Waals surface area contributed by atoms with Gasteiger partial charge in [-0.3, -0.25) is 9.69 Å². The number of halogens is 3. The highest BCUT2D eigenvalue weighted by Gasteiger charge is 2.61. The van der Waals surface area contributed by atoms with Crippen molar-refractivity contribution in [2.24, 2.45) is 0 Å². The number of amides is 2. The highest BCUT2D eigenvalue weighted by Crippen LogP contribution is 2.52. The Morgan fingerprint density at radius 2 is 1.73 bits per heavy atom. The molecular formula is C29H30Cl3N5O6S2. The number of rotatable bonds is 6. The monoisotopic (exact) mass is 713 g/mol. The number of likely N-dealkylation sites (tertiary alicyclic amines) is 1. The van der Waals surface area contributed by atoms with E-state index in [-0.39, 0.29) is 41.3 Å². The summed E-state index contributed by atoms with van der Waals surface area (Å²) in [5.74, 6) is -1.09. The van der Waals surface area contributed by atoms with Gasteiger partial charge in [-0.1, -0.05) is 34.8 Å². The number of benzene rings is 1. The lowest BCUT2D eigenvalue weighted by Gasteiger charge is -2.42. The first kappa shape index (κ1) is 32.3. The Morgan fingerprint density at radius 1 is 1.02 bits per heavy atom. The molecule has 0 spiro atoms. The van der Waals surface area contributed by atoms with Crippen LogP contribution >= 0.6 is 46.1 Å². The molecule has 45 heavy (non-hydrogen) atoms. The molecule has 3 aliphatic rings. The van der Waals surface area contributed by atoms with Gasteiger partial charge in [-0.05, 0) is 69.4 Å². The SMILES string of the molecule is COc1ncccc1C1(OC(=O)N2CCN(C3CCN(C)CC3)CC2)C(=O)N(S(=O)(=O)c2cc(Cl)c(Cl)s2)c2ccc(Cl)cc21. The van der Waals surface area contributed by atoms with E-state index in [2.05, 4.69) is 21.8 Å². The maximum Gasteiger partial charge on any atom is 0.411 e. The number of pyridine rings is 1. The Hall–Kier alpha value is -2.65. The van der Waals surface area contributed by atoms with Gasteiger partial charge in [-0.25, -0.2) is 9.78 Å². The van der Waals surface area contributed by atoms with Crippen LogP contribution in [0, 0.1) is 0 Å². The fraction of sp³-hybridized carbons (Fsp3) is 0.414. The molecule has 2 saturated heterocycles. The lowest BCUT2D eigenvalue weighted by molar-refractivity contribution is -0.132. The number of ether oxygens (including phenoxy) is 2. The first-order valence-corrected chi connectivity index (χ1v) is 17.6. The topological polar surface area (TPSA) is 113 Å². The van der Waals surface area contributed by atoms with Crippen molar-refractivity contribution in [1.82, 2.24) is 19.7 Å². The second kappa shape index (κ2) is 12.5. The maximum absolute atomic E-state index is 14.7. The quantitative estimate of drug-likeness (QED) is 0.351. The van der Waals surface area contributed by atoms with Crippen LogP contribution in [-0.2, 0) is 25.2 Å². The van der Waals surface area contributed by atoms with Gasteiger partial charge >= 0.3 is 6.09 Å². The summed E-state index contributed by atoms with van der Waals surface area (Å²) < 4.78 is 40.3. The summed E-state index contributed by atoms with van der Waals surface area (Å²) in [4.78, 5) is 39.2. The van der Waals surface area contributed by atoms with Crippen LogP contribution in [0.1, 0.15) is 24.0 Å². The Balaban J connectivity index is 1.40. The highest BCUT2D eigenvalue weighted by molar-refractivity contribution is 7.95. The van der Waals surface area contributed by atoms with Gasteiger partial charge in [0.2, 0.25) is 5.88 Å². The maximum atomic E-state index is 14.7. The van der Waals surface area contributed by atoms with E-state index in [1.807, 2.05) is 0 Å². The molecule has 16 heteroatoms. The van der Waals surface area contributed by atoms with Gasteiger partial charge in [0.25, 0.3) is 21.5 Å². The first-order chi connectivity index (χ1) is 21.5. The number of aromatic nitrogens is 1. The minimum Gasteiger partial charge on any atom is -0.481 e. The second-order valence-corrected chi connectivity index (χ2v) is 15.6. The molecule has 1 aromatic carbocycles. The number of thiophene rings is 1. The number of carbonyl (C=O) groups excluding carboxylic acids is 2. The molecular weight excluding hydrogens is 685 g/mol. The third-order valence-electron chi connectivity index (χ3n) is 8.52. The zero-order valence-electron chi connectivity index (χ0n) is 24.4. The normalized spacial score (nSPS) is 21.7. The number of hydrogen-bond donors (Lipinski definition) is 0. The van der Waals surface area contributed by atoms with E-state index >= 15 is 0 Å². The minimum absolute atomic E-state index is 0.0224. The summed E-state index contributed by atoms with van der Waals surface area (Å²) >= 11 is 19.3. The van der Waals surface area contributed by atoms with E-state index in [0.29, 0.717) is 47.9 Å². The van der Waals surface area contributed by atoms with Crippen LogP contribution < -0.4 is 9.04 Å². The van der Waals surface area contributed by atoms with Gasteiger partial charge in [-0.2, -0.15) is 12.7 Å². The molecule has 3 aliphatic heterocycles. The highest BCUT2D eigenvalue weighted by atomic mass is 35.5. The standard InChI is InChI=1S/C29H30Cl3N5O6S2/c1-34-10-7-19(8-11-34)35-12-14-36(15-13-35)28(39)43-29(20-4-3-9-33-26(20)42-2)21-16-18(30)5-6-23(21)37(27(29)38)45(40,41)24-17-22(31)25(32)44-24/h3-6,9,16-17,19H,7-8,10-15H2,1-2H3. The van der Waals surface area contributed by atoms with Crippen molar-refractivity contribution in [2.45, 2.75) is 28.7 Å². The predicted octanol–water partition coefficient (Wildman–Crippen LogP) is 4.94. The van der Waals surface area contributed by atoms with Crippen LogP contribution in [0.15, 0.2) is 46.8 Å². The molecule has 2 aromatic heterocycles. The molecule has 240 valence electrons. The number of carbonyl (C=O) groups is 2. The van der Waals surface area contributed by atoms with Crippen molar-refractivity contribution < 1.29 is 27.5 Å². The predicted molar refractivity (Wildman–Crippen MR) is 172 cm³/mol. The summed E-state index contributed by atoms with van der Waals surface area (Å²) in [5, 5.41) is 0.215. The lowest BCUT2D eigenvalue weighted by Crippen LogP contribution is -2.55. The van der Waals surface area contributed by atoms with E-state index in [1.165, 1.54) is 48.5 Å². The fourth-order valence-electron chi connectivity index (χ4n) is 6.18. The number of methoxy groups -OCH3 is 1. The minimum atomic E-state index is -4.58. The molecule has 5 heterocycles. The van der Waals surface area contributed by atoms with Crippen molar-refractivity contribution in [3.63, 3.8) is 0 Å². The smallest absolute Gasteiger partial charge is 0.411 e. The van der Waals surface area contributed by atoms with Gasteiger partial charge in [0.1, 0.15) is 8.55 Å². The Labute approximate surface area is 280 Å². The van der Waals surface area contributed by atoms with E-state index in [9.17, 15) is 18.0 Å². The number of anilines is 1. The van der Waals surface area contributed by atoms with E-state index in [1.54, 1.807) is 6.07 Å². The van der Waals surface area contributed by atoms with Gasteiger partial charge in [0.05, 0.1) is 23.4 Å². The molecule has 0 saturated carbocycles. The van der Waals surface area contributed by atoms with E-state index in [0.717, 1.165) is 25.9 Å². The zero-order chi connectivity index (χ0) is 32.1. The third kappa shape index (κ3) is 5.66. The molecule has 3 aromatic rings. The van der Waals surface area contributed by atoms with Crippen LogP contribution in [-0.4, -0.2) is 99.6 Å². The summed E-state index contributed by atoms with van der Waals surface area (Å²) in [6, 6.07) is 8.92. The molecule has 2 amide bonds. The zero-order valence-corrected chi connectivity index (χ0v) is 28.3. The lowest BCUT2D eigenvalue weighted by atomic mass is 9.87. The second-order valence-electron chi connectivity index (χ2n) is 11.1. The first-order valence-electron chi connectivity index (χ1n) is 14.2. The number of nitrogens with zero attached hydrogens (tertiary/aromatic N) is 5. The van der Waals surface area contributed by atoms with Crippen LogP contribution in [0.5, 0.6) is 5.88 Å². The van der Waals surface area contributed by atoms with Gasteiger partial charge in [0.15, 0.2) is 0 Å². The van der Waals surface area contributed by atoms with Gasteiger partial charge in [0, 0.05) is 49.0 Å². The Bertz CT molecular complexity index is 1720. The molecule has 0 radical (unpaired) electrons. The summed E-state index contributed by atoms with van der Waals surface area (Å²) in [5.41, 5.74) is -2.27. The van der Waals surface area contributed by atoms with Crippen molar-refractivity contribution in [3.05, 3.63) is 68.1 Å². The molecule has 11 nitrogen and oxygen atoms in total. The fourth-order valence-corrected chi connectivity index (χ4v) is 9.76. The van der Waals surface area contributed by atoms with Crippen LogP contribution in [0.3, 0.4) is 0 Å². The summed E-state index contributed by atoms with van der Waals surface area (Å²) in [6.07, 6.45) is 2.77. The van der Waals surface area contributed by atoms with Crippen LogP contribution in [0.2, 0.25) is 14.4 Å². The summed E-state index contributed by atoms with van der Waals surface area (Å²) in [6.45, 7) is 4.07. The number of hydrogen-bond acceptors (Lipinski definition) is 10. The Kier molecular flexibility index (Phi) is 8.98. The largest absolute Gasteiger partial charge is 0.481 e. The van der Waals surface area contributed by atoms with E-state index < -0.39 is 27.6 Å². The molecule has 6 rings (SSSR count). The van der Waals surface area contributed by atoms with Crippen molar-refractivity contribution in [3.8, 4) is 5.88 Å². The van der Waals surface area contributed by atoms with Gasteiger partial charge < -0.3 is 19.3 Å². The number of piperazine rings is 1. The van der Waals surface area contributed by atoms with Crippen molar-refractivity contribution in [2.75, 3.05) is 57.7 Å². The number of fused-ring (bicyclic) bond motifs is 1. The number of sulfonamides is 1. The van der Waals surface area contributed by atoms with Crippen LogP contribution in [0.25, 0.3) is 0 Å². The van der Waals surface area contributed by atoms with Crippen molar-refractivity contribution in [1.29, 1.82) is 0 Å². The van der Waals surface area contributed by atoms with Crippen LogP contribution in [0.4, 0.5) is 10.5 Å². The number of piperidine rings is 1. The summed E-state index contributed by atoms with van der Waals surface area (Å²) in [7, 11) is -1.12. The molecule has 0 bridgehead atoms. The molecule has 1 atom stereocenters. The average molecular weight is 715 g/mol. The molecule has 2 fully saturated rings.